The molecule has 0 bridgehead atoms. The maximum atomic E-state index is 11.9. The highest BCUT2D eigenvalue weighted by molar-refractivity contribution is 7.03. The standard InChI is InChI=1S/C10H7ClN2OS/c11-6-1-2-7(8(12)5-6)10(14)9-3-4-15-13-9/h1-5H,12H2. The van der Waals surface area contributed by atoms with E-state index in [9.17, 15) is 4.79 Å². The third-order valence-electron chi connectivity index (χ3n) is 1.93. The van der Waals surface area contributed by atoms with Gasteiger partial charge in [-0.25, -0.2) is 0 Å². The van der Waals surface area contributed by atoms with Crippen molar-refractivity contribution in [3.63, 3.8) is 0 Å². The summed E-state index contributed by atoms with van der Waals surface area (Å²) >= 11 is 6.98. The molecule has 0 atom stereocenters. The van der Waals surface area contributed by atoms with Crippen molar-refractivity contribution in [3.8, 4) is 0 Å². The lowest BCUT2D eigenvalue weighted by Crippen LogP contribution is -2.05. The van der Waals surface area contributed by atoms with Crippen LogP contribution in [0.4, 0.5) is 5.69 Å². The minimum Gasteiger partial charge on any atom is -0.398 e. The van der Waals surface area contributed by atoms with Crippen LogP contribution in [0.3, 0.4) is 0 Å². The molecule has 0 aliphatic rings. The first kappa shape index (κ1) is 10.1. The topological polar surface area (TPSA) is 56.0 Å². The summed E-state index contributed by atoms with van der Waals surface area (Å²) in [5, 5.41) is 2.27. The first-order valence-electron chi connectivity index (χ1n) is 4.18. The fraction of sp³-hybridized carbons (Fsp3) is 0. The second kappa shape index (κ2) is 4.00. The zero-order valence-corrected chi connectivity index (χ0v) is 9.18. The molecule has 0 saturated carbocycles. The molecule has 2 N–H and O–H groups in total. The molecular weight excluding hydrogens is 232 g/mol. The number of rotatable bonds is 2. The van der Waals surface area contributed by atoms with E-state index in [1.165, 1.54) is 11.5 Å². The fourth-order valence-corrected chi connectivity index (χ4v) is 1.90. The van der Waals surface area contributed by atoms with Gasteiger partial charge in [0.15, 0.2) is 0 Å². The lowest BCUT2D eigenvalue weighted by molar-refractivity contribution is 0.103. The highest BCUT2D eigenvalue weighted by Gasteiger charge is 2.13. The van der Waals surface area contributed by atoms with E-state index < -0.39 is 0 Å². The van der Waals surface area contributed by atoms with Crippen molar-refractivity contribution in [1.29, 1.82) is 0 Å². The highest BCUT2D eigenvalue weighted by Crippen LogP contribution is 2.20. The van der Waals surface area contributed by atoms with Crippen molar-refractivity contribution >= 4 is 34.6 Å². The number of aromatic nitrogens is 1. The Hall–Kier alpha value is -1.39. The van der Waals surface area contributed by atoms with E-state index in [0.29, 0.717) is 22.0 Å². The SMILES string of the molecule is Nc1cc(Cl)ccc1C(=O)c1ccsn1. The van der Waals surface area contributed by atoms with Crippen molar-refractivity contribution in [3.05, 3.63) is 45.9 Å². The smallest absolute Gasteiger partial charge is 0.214 e. The van der Waals surface area contributed by atoms with Gasteiger partial charge in [0, 0.05) is 21.7 Å². The number of nitrogens with zero attached hydrogens (tertiary/aromatic N) is 1. The molecule has 0 saturated heterocycles. The summed E-state index contributed by atoms with van der Waals surface area (Å²) in [5.41, 5.74) is 6.92. The lowest BCUT2D eigenvalue weighted by Gasteiger charge is -2.02. The summed E-state index contributed by atoms with van der Waals surface area (Å²) in [6.45, 7) is 0. The molecule has 0 aliphatic heterocycles. The fourth-order valence-electron chi connectivity index (χ4n) is 1.21. The molecular formula is C10H7ClN2OS. The molecule has 2 aromatic rings. The van der Waals surface area contributed by atoms with E-state index in [1.54, 1.807) is 29.6 Å². The average molecular weight is 239 g/mol. The van der Waals surface area contributed by atoms with E-state index in [0.717, 1.165) is 0 Å². The molecule has 0 fully saturated rings. The largest absolute Gasteiger partial charge is 0.398 e. The van der Waals surface area contributed by atoms with Gasteiger partial charge in [-0.2, -0.15) is 4.37 Å². The van der Waals surface area contributed by atoms with Crippen molar-refractivity contribution in [2.45, 2.75) is 0 Å². The number of nitrogens with two attached hydrogens (primary N) is 1. The predicted molar refractivity (Wildman–Crippen MR) is 61.4 cm³/mol. The Kier molecular flexibility index (Phi) is 2.70. The minimum absolute atomic E-state index is 0.176. The quantitative estimate of drug-likeness (QED) is 0.646. The van der Waals surface area contributed by atoms with Crippen molar-refractivity contribution < 1.29 is 4.79 Å². The maximum Gasteiger partial charge on any atom is 0.214 e. The molecule has 1 heterocycles. The number of carbonyl (C=O) groups excluding carboxylic acids is 1. The van der Waals surface area contributed by atoms with Gasteiger partial charge in [-0.15, -0.1) is 0 Å². The molecule has 3 nitrogen and oxygen atoms in total. The van der Waals surface area contributed by atoms with Crippen molar-refractivity contribution in [1.82, 2.24) is 4.37 Å². The Labute approximate surface area is 95.7 Å². The number of benzene rings is 1. The first-order valence-corrected chi connectivity index (χ1v) is 5.40. The van der Waals surface area contributed by atoms with Crippen LogP contribution < -0.4 is 5.73 Å². The predicted octanol–water partition coefficient (Wildman–Crippen LogP) is 2.61. The van der Waals surface area contributed by atoms with E-state index in [2.05, 4.69) is 4.37 Å². The molecule has 2 rings (SSSR count). The maximum absolute atomic E-state index is 11.9. The second-order valence-corrected chi connectivity index (χ2v) is 4.05. The number of halogens is 1. The minimum atomic E-state index is -0.176. The molecule has 0 radical (unpaired) electrons. The van der Waals surface area contributed by atoms with Gasteiger partial charge < -0.3 is 5.73 Å². The summed E-state index contributed by atoms with van der Waals surface area (Å²) in [6.07, 6.45) is 0. The summed E-state index contributed by atoms with van der Waals surface area (Å²) < 4.78 is 3.96. The van der Waals surface area contributed by atoms with Gasteiger partial charge in [0.1, 0.15) is 5.69 Å². The summed E-state index contributed by atoms with van der Waals surface area (Å²) in [5.74, 6) is -0.176. The summed E-state index contributed by atoms with van der Waals surface area (Å²) in [7, 11) is 0. The van der Waals surface area contributed by atoms with E-state index in [4.69, 9.17) is 17.3 Å². The molecule has 15 heavy (non-hydrogen) atoms. The van der Waals surface area contributed by atoms with Crippen LogP contribution in [0, 0.1) is 0 Å². The van der Waals surface area contributed by atoms with Crippen LogP contribution in [-0.4, -0.2) is 10.2 Å². The van der Waals surface area contributed by atoms with Crippen LogP contribution in [0.15, 0.2) is 29.6 Å². The van der Waals surface area contributed by atoms with Gasteiger partial charge in [0.25, 0.3) is 0 Å². The summed E-state index contributed by atoms with van der Waals surface area (Å²) in [4.78, 5) is 11.9. The van der Waals surface area contributed by atoms with Gasteiger partial charge in [0.05, 0.1) is 0 Å². The molecule has 1 aromatic carbocycles. The number of hydrogen-bond acceptors (Lipinski definition) is 4. The van der Waals surface area contributed by atoms with Crippen LogP contribution in [0.1, 0.15) is 16.1 Å². The number of ketones is 1. The molecule has 0 amide bonds. The van der Waals surface area contributed by atoms with Gasteiger partial charge in [-0.3, -0.25) is 4.79 Å². The van der Waals surface area contributed by atoms with Gasteiger partial charge in [0.2, 0.25) is 5.78 Å². The van der Waals surface area contributed by atoms with Crippen molar-refractivity contribution in [2.24, 2.45) is 0 Å². The van der Waals surface area contributed by atoms with Crippen molar-refractivity contribution in [2.75, 3.05) is 5.73 Å². The number of carbonyl (C=O) groups is 1. The van der Waals surface area contributed by atoms with Crippen LogP contribution >= 0.6 is 23.1 Å². The second-order valence-electron chi connectivity index (χ2n) is 2.95. The Morgan fingerprint density at radius 2 is 2.20 bits per heavy atom. The average Bonchev–Trinajstić information content (AvgIpc) is 2.69. The van der Waals surface area contributed by atoms with Crippen LogP contribution in [0.5, 0.6) is 0 Å². The molecule has 0 spiro atoms. The van der Waals surface area contributed by atoms with E-state index in [1.807, 2.05) is 0 Å². The highest BCUT2D eigenvalue weighted by atomic mass is 35.5. The Bertz CT molecular complexity index is 496. The zero-order chi connectivity index (χ0) is 10.8. The lowest BCUT2D eigenvalue weighted by atomic mass is 10.1. The Morgan fingerprint density at radius 3 is 2.80 bits per heavy atom. The zero-order valence-electron chi connectivity index (χ0n) is 7.61. The molecule has 76 valence electrons. The molecule has 0 aliphatic carbocycles. The van der Waals surface area contributed by atoms with E-state index >= 15 is 0 Å². The third kappa shape index (κ3) is 2.00. The first-order chi connectivity index (χ1) is 7.18. The number of hydrogen-bond donors (Lipinski definition) is 1. The Balaban J connectivity index is 2.42. The van der Waals surface area contributed by atoms with Crippen LogP contribution in [0.25, 0.3) is 0 Å². The Morgan fingerprint density at radius 1 is 1.40 bits per heavy atom. The van der Waals surface area contributed by atoms with Gasteiger partial charge >= 0.3 is 0 Å². The number of anilines is 1. The molecule has 0 unspecified atom stereocenters. The normalized spacial score (nSPS) is 10.2. The summed E-state index contributed by atoms with van der Waals surface area (Å²) in [6, 6.07) is 6.47. The van der Waals surface area contributed by atoms with Crippen LogP contribution in [0.2, 0.25) is 5.02 Å². The van der Waals surface area contributed by atoms with E-state index in [-0.39, 0.29) is 5.78 Å². The van der Waals surface area contributed by atoms with Crippen LogP contribution in [-0.2, 0) is 0 Å². The van der Waals surface area contributed by atoms with Gasteiger partial charge in [-0.1, -0.05) is 11.6 Å². The number of nitrogen functional groups attached to an aromatic ring is 1. The molecule has 1 aromatic heterocycles. The molecule has 5 heteroatoms. The van der Waals surface area contributed by atoms with Gasteiger partial charge in [-0.05, 0) is 35.8 Å². The third-order valence-corrected chi connectivity index (χ3v) is 2.72. The monoisotopic (exact) mass is 238 g/mol.